The number of benzene rings is 2. The van der Waals surface area contributed by atoms with Gasteiger partial charge in [0.15, 0.2) is 11.6 Å². The van der Waals surface area contributed by atoms with Gasteiger partial charge in [0.05, 0.1) is 13.1 Å². The summed E-state index contributed by atoms with van der Waals surface area (Å²) in [5.41, 5.74) is -1.89. The molecule has 1 saturated heterocycles. The lowest BCUT2D eigenvalue weighted by atomic mass is 10.0. The van der Waals surface area contributed by atoms with Gasteiger partial charge in [0.2, 0.25) is 11.8 Å². The van der Waals surface area contributed by atoms with E-state index in [-0.39, 0.29) is 21.4 Å². The van der Waals surface area contributed by atoms with E-state index in [1.165, 1.54) is 6.92 Å². The van der Waals surface area contributed by atoms with Crippen molar-refractivity contribution in [3.8, 4) is 0 Å². The Labute approximate surface area is 182 Å². The molecule has 2 aromatic carbocycles. The maximum absolute atomic E-state index is 14.7. The highest BCUT2D eigenvalue weighted by atomic mass is 19.3. The number of carbonyl (C=O) groups excluding carboxylic acids is 3. The van der Waals surface area contributed by atoms with Crippen LogP contribution in [0.3, 0.4) is 0 Å². The largest absolute Gasteiger partial charge is 0.333 e. The number of aryl methyl sites for hydroxylation is 1. The van der Waals surface area contributed by atoms with E-state index < -0.39 is 77.8 Å². The standard InChI is InChI=1S/C21H15F7N2O3/c1-11-2-3-12(6-15(11)23)20(25,26)9-29-17(31)8-18(32)30(19(29)33)10-21(27,28)13-4-5-14(22)16(24)7-13/h2-7H,8-10H2,1H3. The summed E-state index contributed by atoms with van der Waals surface area (Å²) in [6.45, 7) is -2.01. The molecule has 0 saturated carbocycles. The lowest BCUT2D eigenvalue weighted by molar-refractivity contribution is -0.149. The third kappa shape index (κ3) is 4.83. The van der Waals surface area contributed by atoms with Gasteiger partial charge in [-0.25, -0.2) is 18.0 Å². The van der Waals surface area contributed by atoms with Crippen molar-refractivity contribution in [1.29, 1.82) is 0 Å². The van der Waals surface area contributed by atoms with Gasteiger partial charge in [-0.2, -0.15) is 17.6 Å². The minimum absolute atomic E-state index is 0.0657. The first-order chi connectivity index (χ1) is 15.2. The summed E-state index contributed by atoms with van der Waals surface area (Å²) in [6.07, 6.45) is -1.15. The Bertz CT molecular complexity index is 1050. The van der Waals surface area contributed by atoms with Gasteiger partial charge < -0.3 is 0 Å². The van der Waals surface area contributed by atoms with Gasteiger partial charge in [0, 0.05) is 11.1 Å². The number of barbiturate groups is 1. The van der Waals surface area contributed by atoms with E-state index in [2.05, 4.69) is 0 Å². The number of nitrogens with zero attached hydrogens (tertiary/aromatic N) is 2. The van der Waals surface area contributed by atoms with Crippen LogP contribution in [0.5, 0.6) is 0 Å². The van der Waals surface area contributed by atoms with Gasteiger partial charge in [-0.15, -0.1) is 0 Å². The van der Waals surface area contributed by atoms with Crippen LogP contribution in [0.15, 0.2) is 36.4 Å². The number of rotatable bonds is 6. The van der Waals surface area contributed by atoms with Crippen LogP contribution in [-0.4, -0.2) is 40.7 Å². The zero-order valence-corrected chi connectivity index (χ0v) is 16.9. The molecule has 0 spiro atoms. The average Bonchev–Trinajstić information content (AvgIpc) is 2.72. The zero-order valence-electron chi connectivity index (χ0n) is 16.9. The van der Waals surface area contributed by atoms with Crippen LogP contribution in [0.2, 0.25) is 0 Å². The second-order valence-electron chi connectivity index (χ2n) is 7.42. The van der Waals surface area contributed by atoms with E-state index in [1.54, 1.807) is 0 Å². The van der Waals surface area contributed by atoms with Crippen molar-refractivity contribution >= 4 is 17.8 Å². The Balaban J connectivity index is 1.85. The quantitative estimate of drug-likeness (QED) is 0.457. The molecule has 4 amide bonds. The molecule has 1 aliphatic heterocycles. The Hall–Kier alpha value is -3.44. The molecule has 0 N–H and O–H groups in total. The summed E-state index contributed by atoms with van der Waals surface area (Å²) in [5, 5.41) is 0. The van der Waals surface area contributed by atoms with Crippen molar-refractivity contribution in [1.82, 2.24) is 9.80 Å². The van der Waals surface area contributed by atoms with Crippen molar-refractivity contribution in [2.45, 2.75) is 25.2 Å². The summed E-state index contributed by atoms with van der Waals surface area (Å²) >= 11 is 0. The minimum Gasteiger partial charge on any atom is -0.274 e. The summed E-state index contributed by atoms with van der Waals surface area (Å²) in [5.74, 6) is -14.8. The normalized spacial score (nSPS) is 15.5. The molecule has 1 fully saturated rings. The van der Waals surface area contributed by atoms with Gasteiger partial charge in [0.1, 0.15) is 12.2 Å². The predicted octanol–water partition coefficient (Wildman–Crippen LogP) is 4.48. The van der Waals surface area contributed by atoms with Crippen LogP contribution in [0, 0.1) is 24.4 Å². The van der Waals surface area contributed by atoms with Crippen LogP contribution < -0.4 is 0 Å². The highest BCUT2D eigenvalue weighted by molar-refractivity contribution is 6.14. The molecule has 0 atom stereocenters. The fourth-order valence-electron chi connectivity index (χ4n) is 3.11. The Kier molecular flexibility index (Phi) is 6.22. The van der Waals surface area contributed by atoms with Gasteiger partial charge in [-0.3, -0.25) is 19.4 Å². The zero-order chi connectivity index (χ0) is 24.7. The number of urea groups is 1. The Morgan fingerprint density at radius 2 is 1.18 bits per heavy atom. The fourth-order valence-corrected chi connectivity index (χ4v) is 3.11. The van der Waals surface area contributed by atoms with E-state index in [1.807, 2.05) is 0 Å². The van der Waals surface area contributed by atoms with Crippen LogP contribution in [0.1, 0.15) is 23.1 Å². The smallest absolute Gasteiger partial charge is 0.274 e. The highest BCUT2D eigenvalue weighted by Crippen LogP contribution is 2.34. The van der Waals surface area contributed by atoms with E-state index in [0.29, 0.717) is 18.2 Å². The molecule has 0 aliphatic carbocycles. The molecule has 1 heterocycles. The predicted molar refractivity (Wildman–Crippen MR) is 98.7 cm³/mol. The number of hydrogen-bond acceptors (Lipinski definition) is 3. The van der Waals surface area contributed by atoms with Crippen LogP contribution in [-0.2, 0) is 21.4 Å². The molecule has 0 bridgehead atoms. The first-order valence-corrected chi connectivity index (χ1v) is 9.35. The Morgan fingerprint density at radius 1 is 0.727 bits per heavy atom. The summed E-state index contributed by atoms with van der Waals surface area (Å²) in [4.78, 5) is 36.5. The third-order valence-electron chi connectivity index (χ3n) is 5.02. The molecule has 12 heteroatoms. The molecule has 176 valence electrons. The summed E-state index contributed by atoms with van der Waals surface area (Å²) < 4.78 is 98.5. The fraction of sp³-hybridized carbons (Fsp3) is 0.286. The van der Waals surface area contributed by atoms with Crippen molar-refractivity contribution in [3.05, 3.63) is 70.5 Å². The number of halogens is 7. The minimum atomic E-state index is -4.09. The number of amides is 4. The van der Waals surface area contributed by atoms with Crippen LogP contribution >= 0.6 is 0 Å². The third-order valence-corrected chi connectivity index (χ3v) is 5.02. The van der Waals surface area contributed by atoms with Crippen molar-refractivity contribution < 1.29 is 45.1 Å². The first-order valence-electron chi connectivity index (χ1n) is 9.35. The lowest BCUT2D eigenvalue weighted by Crippen LogP contribution is -2.59. The van der Waals surface area contributed by atoms with Crippen LogP contribution in [0.4, 0.5) is 35.5 Å². The average molecular weight is 476 g/mol. The maximum Gasteiger partial charge on any atom is 0.333 e. The van der Waals surface area contributed by atoms with E-state index >= 15 is 0 Å². The van der Waals surface area contributed by atoms with Crippen molar-refractivity contribution in [2.24, 2.45) is 0 Å². The van der Waals surface area contributed by atoms with Gasteiger partial charge in [-0.05, 0) is 36.8 Å². The first kappa shape index (κ1) is 24.2. The molecule has 33 heavy (non-hydrogen) atoms. The molecule has 5 nitrogen and oxygen atoms in total. The van der Waals surface area contributed by atoms with E-state index in [4.69, 9.17) is 0 Å². The number of alkyl halides is 4. The molecule has 3 rings (SSSR count). The van der Waals surface area contributed by atoms with E-state index in [9.17, 15) is 45.1 Å². The van der Waals surface area contributed by atoms with Crippen LogP contribution in [0.25, 0.3) is 0 Å². The highest BCUT2D eigenvalue weighted by Gasteiger charge is 2.48. The van der Waals surface area contributed by atoms with Gasteiger partial charge in [-0.1, -0.05) is 12.1 Å². The summed E-state index contributed by atoms with van der Waals surface area (Å²) in [7, 11) is 0. The number of carbonyl (C=O) groups is 3. The molecule has 0 unspecified atom stereocenters. The van der Waals surface area contributed by atoms with Gasteiger partial charge >= 0.3 is 6.03 Å². The summed E-state index contributed by atoms with van der Waals surface area (Å²) in [6, 6.07) is 1.79. The molecule has 2 aromatic rings. The lowest BCUT2D eigenvalue weighted by Gasteiger charge is -2.36. The van der Waals surface area contributed by atoms with Crippen molar-refractivity contribution in [2.75, 3.05) is 13.1 Å². The van der Waals surface area contributed by atoms with E-state index in [0.717, 1.165) is 12.1 Å². The topological polar surface area (TPSA) is 57.7 Å². The van der Waals surface area contributed by atoms with Gasteiger partial charge in [0.25, 0.3) is 11.8 Å². The molecular formula is C21H15F7N2O3. The number of hydrogen-bond donors (Lipinski definition) is 0. The molecule has 0 aromatic heterocycles. The molecule has 1 aliphatic rings. The second-order valence-corrected chi connectivity index (χ2v) is 7.42. The maximum atomic E-state index is 14.7. The monoisotopic (exact) mass is 476 g/mol. The second kappa shape index (κ2) is 8.49. The number of imide groups is 2. The van der Waals surface area contributed by atoms with Crippen molar-refractivity contribution in [3.63, 3.8) is 0 Å². The molecular weight excluding hydrogens is 461 g/mol. The Morgan fingerprint density at radius 3 is 1.64 bits per heavy atom. The SMILES string of the molecule is Cc1ccc(C(F)(F)CN2C(=O)CC(=O)N(CC(F)(F)c3ccc(F)c(F)c3)C2=O)cc1F. The molecule has 0 radical (unpaired) electrons.